The molecule has 1 aliphatic heterocycles. The number of dihydropyridines is 1. The SMILES string of the molecule is COC(=O)C1=C(NCc2ccccc2C)C2C=C(Cl)C=CC2=NC1=O. The van der Waals surface area contributed by atoms with Crippen molar-refractivity contribution in [3.05, 3.63) is 69.9 Å². The predicted molar refractivity (Wildman–Crippen MR) is 96.1 cm³/mol. The van der Waals surface area contributed by atoms with Gasteiger partial charge in [0.2, 0.25) is 0 Å². The molecule has 25 heavy (non-hydrogen) atoms. The van der Waals surface area contributed by atoms with E-state index in [-0.39, 0.29) is 11.5 Å². The van der Waals surface area contributed by atoms with Gasteiger partial charge in [0.05, 0.1) is 18.7 Å². The molecule has 1 aliphatic carbocycles. The quantitative estimate of drug-likeness (QED) is 0.665. The Balaban J connectivity index is 1.99. The number of hydrogen-bond donors (Lipinski definition) is 1. The number of esters is 1. The van der Waals surface area contributed by atoms with Gasteiger partial charge >= 0.3 is 5.97 Å². The lowest BCUT2D eigenvalue weighted by atomic mass is 9.88. The van der Waals surface area contributed by atoms with Crippen molar-refractivity contribution in [3.8, 4) is 0 Å². The van der Waals surface area contributed by atoms with Gasteiger partial charge in [-0.2, -0.15) is 0 Å². The number of nitrogens with zero attached hydrogens (tertiary/aromatic N) is 1. The van der Waals surface area contributed by atoms with E-state index in [1.54, 1.807) is 18.2 Å². The van der Waals surface area contributed by atoms with Crippen LogP contribution < -0.4 is 5.32 Å². The van der Waals surface area contributed by atoms with Crippen LogP contribution in [0.15, 0.2) is 63.8 Å². The van der Waals surface area contributed by atoms with Gasteiger partial charge in [-0.25, -0.2) is 9.79 Å². The van der Waals surface area contributed by atoms with Gasteiger partial charge < -0.3 is 10.1 Å². The van der Waals surface area contributed by atoms with Gasteiger partial charge in [-0.3, -0.25) is 4.79 Å². The minimum absolute atomic E-state index is 0.0825. The average molecular weight is 357 g/mol. The first-order chi connectivity index (χ1) is 12.0. The van der Waals surface area contributed by atoms with Crippen molar-refractivity contribution >= 4 is 29.2 Å². The third-order valence-corrected chi connectivity index (χ3v) is 4.45. The number of rotatable bonds is 4. The van der Waals surface area contributed by atoms with Crippen LogP contribution in [0.5, 0.6) is 0 Å². The summed E-state index contributed by atoms with van der Waals surface area (Å²) in [4.78, 5) is 28.5. The van der Waals surface area contributed by atoms with Crippen LogP contribution in [0.4, 0.5) is 0 Å². The van der Waals surface area contributed by atoms with Crippen molar-refractivity contribution in [2.75, 3.05) is 7.11 Å². The molecule has 1 heterocycles. The van der Waals surface area contributed by atoms with Gasteiger partial charge in [0.1, 0.15) is 5.57 Å². The molecule has 128 valence electrons. The Bertz CT molecular complexity index is 865. The zero-order chi connectivity index (χ0) is 18.0. The fourth-order valence-electron chi connectivity index (χ4n) is 2.85. The van der Waals surface area contributed by atoms with E-state index in [2.05, 4.69) is 10.3 Å². The smallest absolute Gasteiger partial charge is 0.345 e. The summed E-state index contributed by atoms with van der Waals surface area (Å²) in [5.41, 5.74) is 3.11. The third-order valence-electron chi connectivity index (χ3n) is 4.20. The van der Waals surface area contributed by atoms with Gasteiger partial charge in [-0.15, -0.1) is 0 Å². The third kappa shape index (κ3) is 3.42. The highest BCUT2D eigenvalue weighted by Gasteiger charge is 2.35. The van der Waals surface area contributed by atoms with E-state index in [1.165, 1.54) is 7.11 Å². The van der Waals surface area contributed by atoms with Crippen molar-refractivity contribution in [2.24, 2.45) is 10.9 Å². The Morgan fingerprint density at radius 2 is 2.08 bits per heavy atom. The summed E-state index contributed by atoms with van der Waals surface area (Å²) in [6, 6.07) is 7.90. The molecule has 0 saturated heterocycles. The number of carbonyl (C=O) groups excluding carboxylic acids is 2. The van der Waals surface area contributed by atoms with Gasteiger partial charge in [0.25, 0.3) is 5.91 Å². The van der Waals surface area contributed by atoms with Crippen LogP contribution in [0.2, 0.25) is 0 Å². The molecule has 1 N–H and O–H groups in total. The second kappa shape index (κ2) is 7.07. The van der Waals surface area contributed by atoms with Crippen LogP contribution in [0, 0.1) is 12.8 Å². The molecule has 0 aromatic heterocycles. The summed E-state index contributed by atoms with van der Waals surface area (Å²) in [6.45, 7) is 2.47. The number of nitrogens with one attached hydrogen (secondary N) is 1. The van der Waals surface area contributed by atoms with E-state index in [4.69, 9.17) is 16.3 Å². The fraction of sp³-hybridized carbons (Fsp3) is 0.211. The molecule has 1 atom stereocenters. The molecule has 3 rings (SSSR count). The number of fused-ring (bicyclic) bond motifs is 1. The first kappa shape index (κ1) is 17.2. The van der Waals surface area contributed by atoms with Crippen LogP contribution in [0.3, 0.4) is 0 Å². The standard InChI is InChI=1S/C19H17ClN2O3/c1-11-5-3-4-6-12(11)10-21-17-14-9-13(20)7-8-15(14)22-18(23)16(17)19(24)25-2/h3-9,14,21H,10H2,1-2H3. The zero-order valence-corrected chi connectivity index (χ0v) is 14.6. The van der Waals surface area contributed by atoms with Crippen molar-refractivity contribution in [1.29, 1.82) is 0 Å². The number of carbonyl (C=O) groups is 2. The molecule has 0 spiro atoms. The van der Waals surface area contributed by atoms with E-state index < -0.39 is 11.9 Å². The minimum atomic E-state index is -0.709. The number of aryl methyl sites for hydroxylation is 1. The number of methoxy groups -OCH3 is 1. The summed E-state index contributed by atoms with van der Waals surface area (Å²) in [5.74, 6) is -1.70. The van der Waals surface area contributed by atoms with Crippen LogP contribution in [-0.4, -0.2) is 24.7 Å². The first-order valence-corrected chi connectivity index (χ1v) is 8.18. The van der Waals surface area contributed by atoms with E-state index in [0.717, 1.165) is 11.1 Å². The second-order valence-electron chi connectivity index (χ2n) is 5.76. The number of allylic oxidation sites excluding steroid dienone is 4. The van der Waals surface area contributed by atoms with E-state index >= 15 is 0 Å². The van der Waals surface area contributed by atoms with Gasteiger partial charge in [-0.1, -0.05) is 41.9 Å². The zero-order valence-electron chi connectivity index (χ0n) is 13.9. The molecule has 0 fully saturated rings. The number of halogens is 1. The van der Waals surface area contributed by atoms with Crippen molar-refractivity contribution < 1.29 is 14.3 Å². The molecule has 0 radical (unpaired) electrons. The maximum absolute atomic E-state index is 12.3. The highest BCUT2D eigenvalue weighted by Crippen LogP contribution is 2.29. The molecule has 2 aliphatic rings. The molecule has 1 aromatic rings. The Morgan fingerprint density at radius 1 is 1.32 bits per heavy atom. The summed E-state index contributed by atoms with van der Waals surface area (Å²) in [5, 5.41) is 3.76. The Hall–Kier alpha value is -2.66. The van der Waals surface area contributed by atoms with Gasteiger partial charge in [0, 0.05) is 17.3 Å². The normalized spacial score (nSPS) is 19.2. The molecule has 1 unspecified atom stereocenters. The lowest BCUT2D eigenvalue weighted by Gasteiger charge is -2.27. The lowest BCUT2D eigenvalue weighted by Crippen LogP contribution is -2.35. The van der Waals surface area contributed by atoms with Crippen LogP contribution in [0.25, 0.3) is 0 Å². The summed E-state index contributed by atoms with van der Waals surface area (Å²) in [7, 11) is 1.24. The maximum atomic E-state index is 12.3. The molecular weight excluding hydrogens is 340 g/mol. The summed E-state index contributed by atoms with van der Waals surface area (Å²) < 4.78 is 4.77. The largest absolute Gasteiger partial charge is 0.465 e. The van der Waals surface area contributed by atoms with Crippen molar-refractivity contribution in [1.82, 2.24) is 5.32 Å². The number of hydrogen-bond acceptors (Lipinski definition) is 4. The van der Waals surface area contributed by atoms with Crippen molar-refractivity contribution in [2.45, 2.75) is 13.5 Å². The summed E-state index contributed by atoms with van der Waals surface area (Å²) in [6.07, 6.45) is 5.12. The molecule has 5 nitrogen and oxygen atoms in total. The Labute approximate surface area is 150 Å². The number of ether oxygens (including phenoxy) is 1. The average Bonchev–Trinajstić information content (AvgIpc) is 2.60. The first-order valence-electron chi connectivity index (χ1n) is 7.80. The predicted octanol–water partition coefficient (Wildman–Crippen LogP) is 2.80. The lowest BCUT2D eigenvalue weighted by molar-refractivity contribution is -0.137. The molecular formula is C19H17ClN2O3. The van der Waals surface area contributed by atoms with Gasteiger partial charge in [-0.05, 0) is 30.2 Å². The number of benzene rings is 1. The van der Waals surface area contributed by atoms with Gasteiger partial charge in [0.15, 0.2) is 0 Å². The number of aliphatic imine (C=N–C) groups is 1. The van der Waals surface area contributed by atoms with Crippen LogP contribution in [0.1, 0.15) is 11.1 Å². The summed E-state index contributed by atoms with van der Waals surface area (Å²) >= 11 is 6.11. The molecule has 6 heteroatoms. The minimum Gasteiger partial charge on any atom is -0.465 e. The molecule has 1 amide bonds. The molecule has 1 aromatic carbocycles. The molecule has 0 bridgehead atoms. The van der Waals surface area contributed by atoms with E-state index in [9.17, 15) is 9.59 Å². The topological polar surface area (TPSA) is 67.8 Å². The highest BCUT2D eigenvalue weighted by molar-refractivity contribution is 6.33. The highest BCUT2D eigenvalue weighted by atomic mass is 35.5. The Kier molecular flexibility index (Phi) is 4.86. The van der Waals surface area contributed by atoms with Crippen molar-refractivity contribution in [3.63, 3.8) is 0 Å². The monoisotopic (exact) mass is 356 g/mol. The number of amides is 1. The Morgan fingerprint density at radius 3 is 2.80 bits per heavy atom. The van der Waals surface area contributed by atoms with E-state index in [1.807, 2.05) is 31.2 Å². The fourth-order valence-corrected chi connectivity index (χ4v) is 3.04. The second-order valence-corrected chi connectivity index (χ2v) is 6.20. The van der Waals surface area contributed by atoms with E-state index in [0.29, 0.717) is 23.0 Å². The van der Waals surface area contributed by atoms with Crippen LogP contribution >= 0.6 is 11.6 Å². The maximum Gasteiger partial charge on any atom is 0.345 e. The molecule has 0 saturated carbocycles. The van der Waals surface area contributed by atoms with Crippen LogP contribution in [-0.2, 0) is 20.9 Å².